The number of fused-ring (bicyclic) bond motifs is 1. The molecule has 1 amide bonds. The standard InChI is InChI=1S/C20H16N2O.ClH/c1-13-5-2-6-14(11-13)16-8-3-9-18-19(16)17(20(23)22-18)12-15-7-4-10-21-15;/h2-12,21H,1H3,(H,22,23);1H/b17-12-;. The molecule has 1 aliphatic rings. The molecule has 2 heterocycles. The molecule has 1 aliphatic heterocycles. The van der Waals surface area contributed by atoms with Gasteiger partial charge >= 0.3 is 0 Å². The van der Waals surface area contributed by atoms with Crippen LogP contribution in [0.2, 0.25) is 0 Å². The molecule has 1 aromatic heterocycles. The summed E-state index contributed by atoms with van der Waals surface area (Å²) >= 11 is 0. The number of H-pyrrole nitrogens is 1. The third-order valence-corrected chi connectivity index (χ3v) is 4.08. The van der Waals surface area contributed by atoms with Gasteiger partial charge in [-0.25, -0.2) is 0 Å². The van der Waals surface area contributed by atoms with Crippen LogP contribution in [0, 0.1) is 6.92 Å². The number of hydrogen-bond donors (Lipinski definition) is 2. The van der Waals surface area contributed by atoms with Gasteiger partial charge in [0.1, 0.15) is 0 Å². The second kappa shape index (κ2) is 6.38. The van der Waals surface area contributed by atoms with Gasteiger partial charge in [-0.15, -0.1) is 12.4 Å². The van der Waals surface area contributed by atoms with Crippen LogP contribution in [0.3, 0.4) is 0 Å². The van der Waals surface area contributed by atoms with Crippen LogP contribution in [-0.4, -0.2) is 10.9 Å². The highest BCUT2D eigenvalue weighted by Gasteiger charge is 2.27. The van der Waals surface area contributed by atoms with Gasteiger partial charge in [-0.05, 0) is 42.3 Å². The molecular formula is C20H17ClN2O. The molecule has 0 unspecified atom stereocenters. The molecule has 3 aromatic rings. The predicted octanol–water partition coefficient (Wildman–Crippen LogP) is 4.90. The fourth-order valence-corrected chi connectivity index (χ4v) is 3.03. The largest absolute Gasteiger partial charge is 0.362 e. The highest BCUT2D eigenvalue weighted by molar-refractivity contribution is 6.36. The summed E-state index contributed by atoms with van der Waals surface area (Å²) in [4.78, 5) is 15.5. The van der Waals surface area contributed by atoms with Crippen LogP contribution in [0.25, 0.3) is 22.8 Å². The first-order chi connectivity index (χ1) is 11.2. The lowest BCUT2D eigenvalue weighted by atomic mass is 9.93. The molecule has 24 heavy (non-hydrogen) atoms. The van der Waals surface area contributed by atoms with Crippen molar-refractivity contribution in [3.63, 3.8) is 0 Å². The Morgan fingerprint density at radius 2 is 1.83 bits per heavy atom. The summed E-state index contributed by atoms with van der Waals surface area (Å²) in [6.45, 7) is 2.08. The number of aromatic amines is 1. The fourth-order valence-electron chi connectivity index (χ4n) is 3.03. The van der Waals surface area contributed by atoms with Gasteiger partial charge in [0.05, 0.1) is 5.57 Å². The summed E-state index contributed by atoms with van der Waals surface area (Å²) in [5.41, 5.74) is 6.84. The van der Waals surface area contributed by atoms with Crippen LogP contribution in [-0.2, 0) is 4.79 Å². The van der Waals surface area contributed by atoms with Crippen molar-refractivity contribution in [2.45, 2.75) is 6.92 Å². The molecule has 120 valence electrons. The van der Waals surface area contributed by atoms with Crippen molar-refractivity contribution in [3.8, 4) is 11.1 Å². The van der Waals surface area contributed by atoms with Gasteiger partial charge < -0.3 is 10.3 Å². The van der Waals surface area contributed by atoms with E-state index in [-0.39, 0.29) is 18.3 Å². The van der Waals surface area contributed by atoms with Crippen molar-refractivity contribution in [1.29, 1.82) is 0 Å². The van der Waals surface area contributed by atoms with Crippen LogP contribution >= 0.6 is 12.4 Å². The summed E-state index contributed by atoms with van der Waals surface area (Å²) in [5.74, 6) is -0.0605. The fraction of sp³-hybridized carbons (Fsp3) is 0.0500. The molecule has 2 N–H and O–H groups in total. The molecule has 0 fully saturated rings. The smallest absolute Gasteiger partial charge is 0.256 e. The first-order valence-corrected chi connectivity index (χ1v) is 7.59. The molecule has 3 nitrogen and oxygen atoms in total. The number of aryl methyl sites for hydroxylation is 1. The quantitative estimate of drug-likeness (QED) is 0.642. The first kappa shape index (κ1) is 16.1. The topological polar surface area (TPSA) is 44.9 Å². The van der Waals surface area contributed by atoms with E-state index in [9.17, 15) is 4.79 Å². The van der Waals surface area contributed by atoms with E-state index in [0.717, 1.165) is 28.1 Å². The van der Waals surface area contributed by atoms with E-state index < -0.39 is 0 Å². The zero-order valence-corrected chi connectivity index (χ0v) is 14.0. The zero-order valence-electron chi connectivity index (χ0n) is 13.2. The molecular weight excluding hydrogens is 320 g/mol. The van der Waals surface area contributed by atoms with E-state index in [2.05, 4.69) is 41.5 Å². The van der Waals surface area contributed by atoms with Gasteiger partial charge in [-0.2, -0.15) is 0 Å². The van der Waals surface area contributed by atoms with E-state index in [1.807, 2.05) is 42.6 Å². The lowest BCUT2D eigenvalue weighted by Crippen LogP contribution is -2.03. The lowest BCUT2D eigenvalue weighted by Gasteiger charge is -2.09. The number of carbonyl (C=O) groups is 1. The predicted molar refractivity (Wildman–Crippen MR) is 101 cm³/mol. The molecule has 2 aromatic carbocycles. The summed E-state index contributed by atoms with van der Waals surface area (Å²) in [5, 5.41) is 2.96. The molecule has 4 rings (SSSR count). The highest BCUT2D eigenvalue weighted by Crippen LogP contribution is 2.40. The SMILES string of the molecule is Cc1cccc(-c2cccc3c2/C(=C/c2ccc[nH]2)C(=O)N3)c1.Cl. The van der Waals surface area contributed by atoms with Gasteiger partial charge in [-0.3, -0.25) is 4.79 Å². The summed E-state index contributed by atoms with van der Waals surface area (Å²) < 4.78 is 0. The lowest BCUT2D eigenvalue weighted by molar-refractivity contribution is -0.110. The van der Waals surface area contributed by atoms with E-state index >= 15 is 0 Å². The second-order valence-electron chi connectivity index (χ2n) is 5.74. The molecule has 0 atom stereocenters. The Morgan fingerprint density at radius 1 is 1.00 bits per heavy atom. The second-order valence-corrected chi connectivity index (χ2v) is 5.74. The Labute approximate surface area is 146 Å². The van der Waals surface area contributed by atoms with E-state index in [4.69, 9.17) is 0 Å². The average Bonchev–Trinajstić information content (AvgIpc) is 3.16. The van der Waals surface area contributed by atoms with Crippen molar-refractivity contribution in [3.05, 3.63) is 77.6 Å². The number of carbonyl (C=O) groups excluding carboxylic acids is 1. The number of nitrogens with one attached hydrogen (secondary N) is 2. The van der Waals surface area contributed by atoms with E-state index in [0.29, 0.717) is 5.57 Å². The molecule has 0 aliphatic carbocycles. The Kier molecular flexibility index (Phi) is 4.28. The van der Waals surface area contributed by atoms with Crippen molar-refractivity contribution in [1.82, 2.24) is 4.98 Å². The van der Waals surface area contributed by atoms with Crippen molar-refractivity contribution in [2.75, 3.05) is 5.32 Å². The highest BCUT2D eigenvalue weighted by atomic mass is 35.5. The third-order valence-electron chi connectivity index (χ3n) is 4.08. The summed E-state index contributed by atoms with van der Waals surface area (Å²) in [6, 6.07) is 18.2. The van der Waals surface area contributed by atoms with Crippen molar-refractivity contribution < 1.29 is 4.79 Å². The molecule has 0 radical (unpaired) electrons. The number of aromatic nitrogens is 1. The maximum atomic E-state index is 12.4. The number of amides is 1. The number of halogens is 1. The minimum atomic E-state index is -0.0605. The summed E-state index contributed by atoms with van der Waals surface area (Å²) in [7, 11) is 0. The monoisotopic (exact) mass is 336 g/mol. The summed E-state index contributed by atoms with van der Waals surface area (Å²) in [6.07, 6.45) is 3.76. The van der Waals surface area contributed by atoms with E-state index in [1.54, 1.807) is 0 Å². The molecule has 0 bridgehead atoms. The van der Waals surface area contributed by atoms with Gasteiger partial charge in [0, 0.05) is 23.1 Å². The molecule has 0 saturated heterocycles. The third kappa shape index (κ3) is 2.74. The van der Waals surface area contributed by atoms with Crippen molar-refractivity contribution >= 4 is 35.7 Å². The van der Waals surface area contributed by atoms with Gasteiger partial charge in [-0.1, -0.05) is 42.0 Å². The molecule has 0 saturated carbocycles. The minimum Gasteiger partial charge on any atom is -0.362 e. The maximum Gasteiger partial charge on any atom is 0.256 e. The van der Waals surface area contributed by atoms with Crippen LogP contribution in [0.5, 0.6) is 0 Å². The van der Waals surface area contributed by atoms with Gasteiger partial charge in [0.15, 0.2) is 0 Å². The van der Waals surface area contributed by atoms with Crippen LogP contribution in [0.1, 0.15) is 16.8 Å². The number of rotatable bonds is 2. The Bertz CT molecular complexity index is 927. The first-order valence-electron chi connectivity index (χ1n) is 7.59. The number of hydrogen-bond acceptors (Lipinski definition) is 1. The molecule has 0 spiro atoms. The Morgan fingerprint density at radius 3 is 2.58 bits per heavy atom. The normalized spacial score (nSPS) is 14.2. The van der Waals surface area contributed by atoms with Gasteiger partial charge in [0.25, 0.3) is 5.91 Å². The Balaban J connectivity index is 0.00000169. The molecule has 4 heteroatoms. The zero-order chi connectivity index (χ0) is 15.8. The number of benzene rings is 2. The average molecular weight is 337 g/mol. The Hall–Kier alpha value is -2.78. The van der Waals surface area contributed by atoms with E-state index in [1.165, 1.54) is 5.56 Å². The van der Waals surface area contributed by atoms with Crippen LogP contribution in [0.15, 0.2) is 60.8 Å². The maximum absolute atomic E-state index is 12.4. The van der Waals surface area contributed by atoms with Gasteiger partial charge in [0.2, 0.25) is 0 Å². The number of anilines is 1. The van der Waals surface area contributed by atoms with Crippen LogP contribution in [0.4, 0.5) is 5.69 Å². The minimum absolute atomic E-state index is 0. The van der Waals surface area contributed by atoms with Crippen molar-refractivity contribution in [2.24, 2.45) is 0 Å². The van der Waals surface area contributed by atoms with Crippen LogP contribution < -0.4 is 5.32 Å².